The van der Waals surface area contributed by atoms with Crippen LogP contribution in [0.2, 0.25) is 0 Å². The molecular formula is C19H27BrN4O. The van der Waals surface area contributed by atoms with E-state index < -0.39 is 0 Å². The van der Waals surface area contributed by atoms with Gasteiger partial charge in [0, 0.05) is 38.8 Å². The number of halogens is 1. The highest BCUT2D eigenvalue weighted by molar-refractivity contribution is 9.10. The fourth-order valence-corrected chi connectivity index (χ4v) is 7.15. The topological polar surface area (TPSA) is 41.4 Å². The summed E-state index contributed by atoms with van der Waals surface area (Å²) in [6.45, 7) is 3.76. The van der Waals surface area contributed by atoms with E-state index in [0.717, 1.165) is 48.4 Å². The van der Waals surface area contributed by atoms with Crippen molar-refractivity contribution in [3.8, 4) is 0 Å². The fraction of sp³-hybridized carbons (Fsp3) is 0.789. The minimum atomic E-state index is 0.108. The SMILES string of the molecule is Cn1ncc(Br)c1C(=O)N1CCN(C23CC4CC(CC(C4)C2)C3)CC1. The van der Waals surface area contributed by atoms with Gasteiger partial charge in [0.15, 0.2) is 0 Å². The summed E-state index contributed by atoms with van der Waals surface area (Å²) >= 11 is 3.46. The maximum Gasteiger partial charge on any atom is 0.273 e. The van der Waals surface area contributed by atoms with Crippen molar-refractivity contribution in [3.63, 3.8) is 0 Å². The summed E-state index contributed by atoms with van der Waals surface area (Å²) in [5.74, 6) is 3.06. The van der Waals surface area contributed by atoms with E-state index in [1.54, 1.807) is 10.9 Å². The van der Waals surface area contributed by atoms with Crippen molar-refractivity contribution in [1.29, 1.82) is 0 Å². The maximum atomic E-state index is 12.9. The van der Waals surface area contributed by atoms with Crippen LogP contribution in [0.15, 0.2) is 10.7 Å². The summed E-state index contributed by atoms with van der Waals surface area (Å²) in [6.07, 6.45) is 10.4. The molecule has 0 N–H and O–H groups in total. The summed E-state index contributed by atoms with van der Waals surface area (Å²) in [5, 5.41) is 4.19. The van der Waals surface area contributed by atoms with E-state index in [-0.39, 0.29) is 5.91 Å². The summed E-state index contributed by atoms with van der Waals surface area (Å²) in [4.78, 5) is 17.6. The molecule has 1 aromatic heterocycles. The van der Waals surface area contributed by atoms with Gasteiger partial charge in [-0.25, -0.2) is 0 Å². The predicted octanol–water partition coefficient (Wildman–Crippen LogP) is 2.91. The number of nitrogens with zero attached hydrogens (tertiary/aromatic N) is 4. The Bertz CT molecular complexity index is 637. The molecule has 5 aliphatic rings. The third-order valence-electron chi connectivity index (χ3n) is 7.34. The zero-order chi connectivity index (χ0) is 17.2. The molecule has 0 atom stereocenters. The number of carbonyl (C=O) groups excluding carboxylic acids is 1. The Morgan fingerprint density at radius 1 is 1.08 bits per heavy atom. The molecule has 5 fully saturated rings. The maximum absolute atomic E-state index is 12.9. The molecule has 2 heterocycles. The van der Waals surface area contributed by atoms with Gasteiger partial charge in [0.2, 0.25) is 0 Å². The molecule has 4 saturated carbocycles. The Labute approximate surface area is 157 Å². The largest absolute Gasteiger partial charge is 0.335 e. The van der Waals surface area contributed by atoms with E-state index in [1.807, 2.05) is 11.9 Å². The molecule has 1 saturated heterocycles. The van der Waals surface area contributed by atoms with Crippen molar-refractivity contribution in [2.75, 3.05) is 26.2 Å². The molecule has 5 nitrogen and oxygen atoms in total. The van der Waals surface area contributed by atoms with Crippen molar-refractivity contribution in [2.45, 2.75) is 44.1 Å². The van der Waals surface area contributed by atoms with Crippen LogP contribution in [0.5, 0.6) is 0 Å². The van der Waals surface area contributed by atoms with Crippen molar-refractivity contribution >= 4 is 21.8 Å². The summed E-state index contributed by atoms with van der Waals surface area (Å²) in [5.41, 5.74) is 1.14. The van der Waals surface area contributed by atoms with E-state index >= 15 is 0 Å². The number of amides is 1. The van der Waals surface area contributed by atoms with Crippen molar-refractivity contribution in [1.82, 2.24) is 19.6 Å². The Kier molecular flexibility index (Phi) is 3.79. The molecule has 4 bridgehead atoms. The number of rotatable bonds is 2. The monoisotopic (exact) mass is 406 g/mol. The second-order valence-electron chi connectivity index (χ2n) is 8.89. The van der Waals surface area contributed by atoms with Gasteiger partial charge in [-0.2, -0.15) is 5.10 Å². The lowest BCUT2D eigenvalue weighted by Crippen LogP contribution is -2.64. The van der Waals surface area contributed by atoms with Crippen LogP contribution in [-0.4, -0.2) is 57.2 Å². The van der Waals surface area contributed by atoms with Crippen LogP contribution in [0.25, 0.3) is 0 Å². The minimum Gasteiger partial charge on any atom is -0.335 e. The summed E-state index contributed by atoms with van der Waals surface area (Å²) in [6, 6.07) is 0. The quantitative estimate of drug-likeness (QED) is 0.757. The van der Waals surface area contributed by atoms with Gasteiger partial charge >= 0.3 is 0 Å². The van der Waals surface area contributed by atoms with Crippen LogP contribution in [0.4, 0.5) is 0 Å². The van der Waals surface area contributed by atoms with Crippen LogP contribution in [0.1, 0.15) is 49.0 Å². The van der Waals surface area contributed by atoms with E-state index in [0.29, 0.717) is 11.2 Å². The number of piperazine rings is 1. The number of carbonyl (C=O) groups is 1. The summed E-state index contributed by atoms with van der Waals surface area (Å²) in [7, 11) is 1.84. The molecule has 6 rings (SSSR count). The first-order chi connectivity index (χ1) is 12.0. The van der Waals surface area contributed by atoms with Gasteiger partial charge in [-0.1, -0.05) is 0 Å². The molecule has 0 unspecified atom stereocenters. The predicted molar refractivity (Wildman–Crippen MR) is 99.3 cm³/mol. The fourth-order valence-electron chi connectivity index (χ4n) is 6.64. The number of aromatic nitrogens is 2. The van der Waals surface area contributed by atoms with Crippen LogP contribution < -0.4 is 0 Å². The van der Waals surface area contributed by atoms with Crippen LogP contribution in [-0.2, 0) is 7.05 Å². The van der Waals surface area contributed by atoms with Crippen LogP contribution in [0, 0.1) is 17.8 Å². The first-order valence-corrected chi connectivity index (χ1v) is 10.6. The van der Waals surface area contributed by atoms with Crippen LogP contribution >= 0.6 is 15.9 Å². The van der Waals surface area contributed by atoms with Gasteiger partial charge in [-0.05, 0) is 72.2 Å². The van der Waals surface area contributed by atoms with Gasteiger partial charge in [0.25, 0.3) is 5.91 Å². The van der Waals surface area contributed by atoms with Gasteiger partial charge in [-0.15, -0.1) is 0 Å². The van der Waals surface area contributed by atoms with E-state index in [1.165, 1.54) is 38.5 Å². The molecule has 0 radical (unpaired) electrons. The third-order valence-corrected chi connectivity index (χ3v) is 7.92. The molecule has 1 aliphatic heterocycles. The van der Waals surface area contributed by atoms with E-state index in [4.69, 9.17) is 0 Å². The van der Waals surface area contributed by atoms with Crippen LogP contribution in [0.3, 0.4) is 0 Å². The van der Waals surface area contributed by atoms with E-state index in [9.17, 15) is 4.79 Å². The number of hydrogen-bond donors (Lipinski definition) is 0. The average molecular weight is 407 g/mol. The van der Waals surface area contributed by atoms with Crippen molar-refractivity contribution in [2.24, 2.45) is 24.8 Å². The molecule has 136 valence electrons. The highest BCUT2D eigenvalue weighted by Gasteiger charge is 2.53. The molecule has 1 amide bonds. The molecule has 4 aliphatic carbocycles. The Morgan fingerprint density at radius 3 is 2.12 bits per heavy atom. The second kappa shape index (κ2) is 5.81. The third kappa shape index (κ3) is 2.59. The number of hydrogen-bond acceptors (Lipinski definition) is 3. The number of aryl methyl sites for hydroxylation is 1. The molecule has 25 heavy (non-hydrogen) atoms. The Morgan fingerprint density at radius 2 is 1.64 bits per heavy atom. The normalized spacial score (nSPS) is 37.7. The first-order valence-electron chi connectivity index (χ1n) is 9.76. The zero-order valence-electron chi connectivity index (χ0n) is 15.0. The van der Waals surface area contributed by atoms with E-state index in [2.05, 4.69) is 25.9 Å². The minimum absolute atomic E-state index is 0.108. The van der Waals surface area contributed by atoms with Gasteiger partial charge in [0.05, 0.1) is 10.7 Å². The average Bonchev–Trinajstić information content (AvgIpc) is 2.92. The molecular weight excluding hydrogens is 380 g/mol. The molecule has 1 aromatic rings. The van der Waals surface area contributed by atoms with Crippen molar-refractivity contribution < 1.29 is 4.79 Å². The standard InChI is InChI=1S/C19H27BrN4O/c1-22-17(16(20)12-21-22)18(25)23-2-4-24(5-3-23)19-9-13-6-14(10-19)8-15(7-13)11-19/h12-15H,2-11H2,1H3. The second-order valence-corrected chi connectivity index (χ2v) is 9.74. The van der Waals surface area contributed by atoms with Crippen molar-refractivity contribution in [3.05, 3.63) is 16.4 Å². The van der Waals surface area contributed by atoms with Gasteiger partial charge in [-0.3, -0.25) is 14.4 Å². The molecule has 6 heteroatoms. The Balaban J connectivity index is 1.28. The molecule has 0 aromatic carbocycles. The lowest BCUT2D eigenvalue weighted by Gasteiger charge is -2.61. The van der Waals surface area contributed by atoms with Gasteiger partial charge < -0.3 is 4.90 Å². The first kappa shape index (κ1) is 16.3. The summed E-state index contributed by atoms with van der Waals surface area (Å²) < 4.78 is 2.47. The lowest BCUT2D eigenvalue weighted by atomic mass is 9.52. The lowest BCUT2D eigenvalue weighted by molar-refractivity contribution is -0.0987. The zero-order valence-corrected chi connectivity index (χ0v) is 16.5. The highest BCUT2D eigenvalue weighted by atomic mass is 79.9. The molecule has 0 spiro atoms. The Hall–Kier alpha value is -0.880. The highest BCUT2D eigenvalue weighted by Crippen LogP contribution is 2.57. The van der Waals surface area contributed by atoms with Gasteiger partial charge in [0.1, 0.15) is 5.69 Å². The smallest absolute Gasteiger partial charge is 0.273 e.